The highest BCUT2D eigenvalue weighted by molar-refractivity contribution is 7.14. The Hall–Kier alpha value is -2.60. The summed E-state index contributed by atoms with van der Waals surface area (Å²) >= 11 is 1.32. The molecule has 21 heavy (non-hydrogen) atoms. The average Bonchev–Trinajstić information content (AvgIpc) is 3.12. The molecular weight excluding hydrogens is 286 g/mol. The van der Waals surface area contributed by atoms with Gasteiger partial charge in [0.25, 0.3) is 11.8 Å². The fourth-order valence-corrected chi connectivity index (χ4v) is 2.93. The van der Waals surface area contributed by atoms with E-state index in [-0.39, 0.29) is 11.8 Å². The molecular formula is C15H13N3O2S. The highest BCUT2D eigenvalue weighted by Crippen LogP contribution is 2.25. The molecule has 0 fully saturated rings. The van der Waals surface area contributed by atoms with Crippen molar-refractivity contribution in [2.75, 3.05) is 12.4 Å². The molecule has 0 saturated carbocycles. The molecule has 0 spiro atoms. The minimum atomic E-state index is -0.236. The van der Waals surface area contributed by atoms with Crippen LogP contribution < -0.4 is 10.6 Å². The minimum absolute atomic E-state index is 0.217. The molecule has 0 bridgehead atoms. The van der Waals surface area contributed by atoms with Crippen molar-refractivity contribution in [1.82, 2.24) is 10.3 Å². The number of thiophene rings is 1. The number of rotatable bonds is 3. The number of H-pyrrole nitrogens is 1. The quantitative estimate of drug-likeness (QED) is 0.695. The summed E-state index contributed by atoms with van der Waals surface area (Å²) in [6, 6.07) is 9.27. The van der Waals surface area contributed by atoms with Crippen LogP contribution in [-0.2, 0) is 0 Å². The number of fused-ring (bicyclic) bond motifs is 1. The minimum Gasteiger partial charge on any atom is -0.360 e. The number of aromatic nitrogens is 1. The fraction of sp³-hybridized carbons (Fsp3) is 0.0667. The molecule has 0 aliphatic carbocycles. The number of carbonyl (C=O) groups excluding carboxylic acids is 2. The van der Waals surface area contributed by atoms with Gasteiger partial charge in [-0.3, -0.25) is 9.59 Å². The summed E-state index contributed by atoms with van der Waals surface area (Å²) in [4.78, 5) is 27.2. The van der Waals surface area contributed by atoms with Crippen LogP contribution in [0.5, 0.6) is 0 Å². The number of amides is 2. The number of nitrogens with one attached hydrogen (secondary N) is 3. The predicted molar refractivity (Wildman–Crippen MR) is 84.0 cm³/mol. The Morgan fingerprint density at radius 2 is 1.90 bits per heavy atom. The summed E-state index contributed by atoms with van der Waals surface area (Å²) in [5.74, 6) is -0.453. The van der Waals surface area contributed by atoms with Crippen LogP contribution in [0.1, 0.15) is 20.7 Å². The van der Waals surface area contributed by atoms with E-state index in [9.17, 15) is 9.59 Å². The first-order valence-corrected chi connectivity index (χ1v) is 7.25. The van der Waals surface area contributed by atoms with Crippen molar-refractivity contribution >= 4 is 39.1 Å². The monoisotopic (exact) mass is 299 g/mol. The maximum Gasteiger partial charge on any atom is 0.258 e. The highest BCUT2D eigenvalue weighted by Gasteiger charge is 2.16. The molecule has 6 heteroatoms. The van der Waals surface area contributed by atoms with Gasteiger partial charge in [0.1, 0.15) is 5.00 Å². The first kappa shape index (κ1) is 13.4. The summed E-state index contributed by atoms with van der Waals surface area (Å²) in [5, 5.41) is 8.53. The second-order valence-corrected chi connectivity index (χ2v) is 5.36. The molecule has 0 atom stereocenters. The van der Waals surface area contributed by atoms with Gasteiger partial charge >= 0.3 is 0 Å². The van der Waals surface area contributed by atoms with Crippen molar-refractivity contribution in [3.63, 3.8) is 0 Å². The standard InChI is InChI=1S/C15H13N3O2S/c1-16-13(19)10-6-7-21-15(10)18-14(20)11-8-17-12-5-3-2-4-9(11)12/h2-8,17H,1H3,(H,16,19)(H,18,20). The third-order valence-corrected chi connectivity index (χ3v) is 4.03. The van der Waals surface area contributed by atoms with Crippen LogP contribution in [0.4, 0.5) is 5.00 Å². The zero-order valence-electron chi connectivity index (χ0n) is 11.3. The van der Waals surface area contributed by atoms with Gasteiger partial charge in [0, 0.05) is 24.1 Å². The Kier molecular flexibility index (Phi) is 3.45. The molecule has 2 amide bonds. The lowest BCUT2D eigenvalue weighted by Gasteiger charge is -2.05. The normalized spacial score (nSPS) is 10.5. The van der Waals surface area contributed by atoms with E-state index in [0.29, 0.717) is 16.1 Å². The number of hydrogen-bond donors (Lipinski definition) is 3. The smallest absolute Gasteiger partial charge is 0.258 e. The van der Waals surface area contributed by atoms with Crippen molar-refractivity contribution < 1.29 is 9.59 Å². The van der Waals surface area contributed by atoms with E-state index in [2.05, 4.69) is 15.6 Å². The lowest BCUT2D eigenvalue weighted by atomic mass is 10.1. The Morgan fingerprint density at radius 1 is 1.10 bits per heavy atom. The van der Waals surface area contributed by atoms with Gasteiger partial charge in [-0.2, -0.15) is 0 Å². The Bertz CT molecular complexity index is 819. The highest BCUT2D eigenvalue weighted by atomic mass is 32.1. The van der Waals surface area contributed by atoms with Gasteiger partial charge in [0.2, 0.25) is 0 Å². The summed E-state index contributed by atoms with van der Waals surface area (Å²) in [6.45, 7) is 0. The van der Waals surface area contributed by atoms with E-state index in [1.807, 2.05) is 24.3 Å². The van der Waals surface area contributed by atoms with Gasteiger partial charge in [0.05, 0.1) is 11.1 Å². The number of carbonyl (C=O) groups is 2. The maximum absolute atomic E-state index is 12.4. The van der Waals surface area contributed by atoms with Crippen LogP contribution in [0.15, 0.2) is 41.9 Å². The van der Waals surface area contributed by atoms with Crippen molar-refractivity contribution in [2.45, 2.75) is 0 Å². The van der Waals surface area contributed by atoms with Crippen LogP contribution in [0.2, 0.25) is 0 Å². The molecule has 5 nitrogen and oxygen atoms in total. The summed E-state index contributed by atoms with van der Waals surface area (Å²) in [5.41, 5.74) is 1.93. The number of benzene rings is 1. The predicted octanol–water partition coefficient (Wildman–Crippen LogP) is 2.84. The molecule has 0 radical (unpaired) electrons. The van der Waals surface area contributed by atoms with Crippen LogP contribution in [0.25, 0.3) is 10.9 Å². The second kappa shape index (κ2) is 5.41. The molecule has 106 valence electrons. The number of hydrogen-bond acceptors (Lipinski definition) is 3. The molecule has 0 aliphatic heterocycles. The summed E-state index contributed by atoms with van der Waals surface area (Å²) in [6.07, 6.45) is 1.67. The van der Waals surface area contributed by atoms with Gasteiger partial charge < -0.3 is 15.6 Å². The maximum atomic E-state index is 12.4. The third-order valence-electron chi connectivity index (χ3n) is 3.20. The average molecular weight is 299 g/mol. The van der Waals surface area contributed by atoms with Crippen LogP contribution >= 0.6 is 11.3 Å². The molecule has 0 saturated heterocycles. The van der Waals surface area contributed by atoms with Gasteiger partial charge in [-0.15, -0.1) is 11.3 Å². The summed E-state index contributed by atoms with van der Waals surface area (Å²) < 4.78 is 0. The lowest BCUT2D eigenvalue weighted by molar-refractivity contribution is 0.0964. The van der Waals surface area contributed by atoms with Crippen molar-refractivity contribution in [1.29, 1.82) is 0 Å². The number of anilines is 1. The molecule has 2 heterocycles. The topological polar surface area (TPSA) is 74.0 Å². The number of aromatic amines is 1. The molecule has 3 rings (SSSR count). The fourth-order valence-electron chi connectivity index (χ4n) is 2.15. The summed E-state index contributed by atoms with van der Waals surface area (Å²) in [7, 11) is 1.56. The molecule has 0 aliphatic rings. The van der Waals surface area contributed by atoms with E-state index in [4.69, 9.17) is 0 Å². The molecule has 1 aromatic carbocycles. The lowest BCUT2D eigenvalue weighted by Crippen LogP contribution is -2.20. The molecule has 3 aromatic rings. The Morgan fingerprint density at radius 3 is 2.71 bits per heavy atom. The van der Waals surface area contributed by atoms with E-state index < -0.39 is 0 Å². The van der Waals surface area contributed by atoms with Crippen LogP contribution in [-0.4, -0.2) is 23.8 Å². The van der Waals surface area contributed by atoms with Crippen LogP contribution in [0.3, 0.4) is 0 Å². The first-order chi connectivity index (χ1) is 10.2. The second-order valence-electron chi connectivity index (χ2n) is 4.44. The first-order valence-electron chi connectivity index (χ1n) is 6.37. The zero-order chi connectivity index (χ0) is 14.8. The zero-order valence-corrected chi connectivity index (χ0v) is 12.1. The molecule has 0 unspecified atom stereocenters. The third kappa shape index (κ3) is 2.41. The van der Waals surface area contributed by atoms with Gasteiger partial charge in [-0.05, 0) is 17.5 Å². The Balaban J connectivity index is 1.90. The van der Waals surface area contributed by atoms with E-state index in [1.165, 1.54) is 11.3 Å². The van der Waals surface area contributed by atoms with Gasteiger partial charge in [-0.25, -0.2) is 0 Å². The van der Waals surface area contributed by atoms with Gasteiger partial charge in [0.15, 0.2) is 0 Å². The van der Waals surface area contributed by atoms with Crippen molar-refractivity contribution in [3.8, 4) is 0 Å². The van der Waals surface area contributed by atoms with E-state index >= 15 is 0 Å². The largest absolute Gasteiger partial charge is 0.360 e. The van der Waals surface area contributed by atoms with Gasteiger partial charge in [-0.1, -0.05) is 18.2 Å². The molecule has 3 N–H and O–H groups in total. The van der Waals surface area contributed by atoms with Crippen molar-refractivity contribution in [3.05, 3.63) is 53.0 Å². The van der Waals surface area contributed by atoms with E-state index in [0.717, 1.165) is 10.9 Å². The van der Waals surface area contributed by atoms with E-state index in [1.54, 1.807) is 24.7 Å². The molecule has 2 aromatic heterocycles. The number of para-hydroxylation sites is 1. The Labute approximate surface area is 125 Å². The van der Waals surface area contributed by atoms with Crippen LogP contribution in [0, 0.1) is 0 Å². The van der Waals surface area contributed by atoms with Crippen molar-refractivity contribution in [2.24, 2.45) is 0 Å². The SMILES string of the molecule is CNC(=O)c1ccsc1NC(=O)c1c[nH]c2ccccc12.